The second-order valence-electron chi connectivity index (χ2n) is 16.5. The number of benzene rings is 1. The van der Waals surface area contributed by atoms with Gasteiger partial charge >= 0.3 is 5.97 Å². The molecule has 2 fully saturated rings. The van der Waals surface area contributed by atoms with Gasteiger partial charge in [0.15, 0.2) is 0 Å². The van der Waals surface area contributed by atoms with Crippen molar-refractivity contribution in [2.24, 2.45) is 0 Å². The van der Waals surface area contributed by atoms with Crippen LogP contribution in [0.3, 0.4) is 0 Å². The first-order valence-corrected chi connectivity index (χ1v) is 22.5. The van der Waals surface area contributed by atoms with Crippen LogP contribution in [0.2, 0.25) is 0 Å². The van der Waals surface area contributed by atoms with Crippen LogP contribution >= 0.6 is 0 Å². The molecule has 0 unspecified atom stereocenters. The summed E-state index contributed by atoms with van der Waals surface area (Å²) in [4.78, 5) is 24.2. The number of aliphatic hydroxyl groups excluding tert-OH is 4. The average Bonchev–Trinajstić information content (AvgIpc) is 3.83. The van der Waals surface area contributed by atoms with Crippen LogP contribution in [0.5, 0.6) is 0 Å². The molecular weight excluding hydrogens is 813 g/mol. The van der Waals surface area contributed by atoms with E-state index in [2.05, 4.69) is 50.0 Å². The van der Waals surface area contributed by atoms with E-state index in [1.165, 1.54) is 16.8 Å². The van der Waals surface area contributed by atoms with Gasteiger partial charge in [-0.15, -0.1) is 10.2 Å². The fourth-order valence-electron chi connectivity index (χ4n) is 7.44. The summed E-state index contributed by atoms with van der Waals surface area (Å²) in [6.07, 6.45) is 1.98. The Morgan fingerprint density at radius 3 is 1.21 bits per heavy atom. The van der Waals surface area contributed by atoms with Gasteiger partial charge in [0, 0.05) is 118 Å². The Morgan fingerprint density at radius 1 is 0.557 bits per heavy atom. The van der Waals surface area contributed by atoms with Gasteiger partial charge in [-0.3, -0.25) is 38.7 Å². The molecule has 61 heavy (non-hydrogen) atoms. The van der Waals surface area contributed by atoms with Gasteiger partial charge < -0.3 is 25.5 Å². The molecule has 4 atom stereocenters. The van der Waals surface area contributed by atoms with Gasteiger partial charge in [0.05, 0.1) is 59.6 Å². The van der Waals surface area contributed by atoms with Crippen LogP contribution in [0.25, 0.3) is 0 Å². The van der Waals surface area contributed by atoms with Crippen molar-refractivity contribution >= 4 is 16.1 Å². The van der Waals surface area contributed by atoms with Crippen LogP contribution in [-0.2, 0) is 41.1 Å². The maximum atomic E-state index is 11.2. The zero-order chi connectivity index (χ0) is 44.5. The summed E-state index contributed by atoms with van der Waals surface area (Å²) in [5.41, 5.74) is 2.41. The molecule has 344 valence electrons. The molecule has 2 aliphatic rings. The molecule has 0 saturated carbocycles. The molecule has 4 heterocycles. The number of nitrogens with zero attached hydrogens (tertiary/aromatic N) is 12. The number of aromatic nitrogens is 6. The quantitative estimate of drug-likeness (QED) is 0.0827. The summed E-state index contributed by atoms with van der Waals surface area (Å²) in [5.74, 6) is -0.947. The van der Waals surface area contributed by atoms with E-state index in [9.17, 15) is 33.6 Å². The Labute approximate surface area is 359 Å². The molecule has 2 saturated heterocycles. The molecule has 1 aromatic carbocycles. The maximum Gasteiger partial charge on any atom is 0.325 e. The minimum atomic E-state index is -4.21. The van der Waals surface area contributed by atoms with Crippen molar-refractivity contribution in [1.82, 2.24) is 59.4 Å². The Bertz CT molecular complexity index is 1780. The lowest BCUT2D eigenvalue weighted by Crippen LogP contribution is -2.41. The third-order valence-electron chi connectivity index (χ3n) is 10.3. The Balaban J connectivity index is 0.000000276. The number of hydrogen-bond donors (Lipinski definition) is 6. The smallest absolute Gasteiger partial charge is 0.325 e. The minimum absolute atomic E-state index is 0.141. The van der Waals surface area contributed by atoms with Crippen molar-refractivity contribution in [2.75, 3.05) is 105 Å². The van der Waals surface area contributed by atoms with Gasteiger partial charge in [0.25, 0.3) is 10.1 Å². The van der Waals surface area contributed by atoms with Crippen molar-refractivity contribution in [3.8, 4) is 0 Å². The predicted molar refractivity (Wildman–Crippen MR) is 226 cm³/mol. The zero-order valence-electron chi connectivity index (χ0n) is 36.1. The second kappa shape index (κ2) is 24.9. The highest BCUT2D eigenvalue weighted by Crippen LogP contribution is 2.13. The third kappa shape index (κ3) is 19.6. The predicted octanol–water partition coefficient (Wildman–Crippen LogP) is -1.70. The summed E-state index contributed by atoms with van der Waals surface area (Å²) >= 11 is 0. The zero-order valence-corrected chi connectivity index (χ0v) is 36.9. The highest BCUT2D eigenvalue weighted by Gasteiger charge is 2.21. The first-order valence-electron chi connectivity index (χ1n) is 21.0. The number of hydrogen-bond acceptors (Lipinski definition) is 17. The number of rotatable bonds is 17. The highest BCUT2D eigenvalue weighted by molar-refractivity contribution is 7.85. The Morgan fingerprint density at radius 2 is 0.885 bits per heavy atom. The standard InChI is InChI=1S/C22H36N6O5S.C17H32N6O4/c1-18(29)13-25-7-8-26(14-19(2)30)10-12-27(11-9-25)16-21-17-28(24-23-21)15-20-3-5-22(6-4-20)34(31,32)33;1-14(24)9-20-3-4-21(10-15(2)25)6-8-22(7-5-20)11-16-12-23(19-18-16)13-17(26)27/h3-6,17-19,29-30H,7-16H2,1-2H3,(H,31,32,33);12,14-15,24-25H,3-11,13H2,1-2H3,(H,26,27)/t18-,19-;14-,15-/m00/s1. The Kier molecular flexibility index (Phi) is 20.5. The summed E-state index contributed by atoms with van der Waals surface area (Å²) in [6.45, 7) is 21.1. The number of carboxylic acid groups (broad SMARTS) is 1. The van der Waals surface area contributed by atoms with Gasteiger partial charge in [0.2, 0.25) is 0 Å². The van der Waals surface area contributed by atoms with Crippen LogP contribution in [-0.4, -0.2) is 233 Å². The van der Waals surface area contributed by atoms with Crippen LogP contribution < -0.4 is 0 Å². The third-order valence-corrected chi connectivity index (χ3v) is 11.2. The van der Waals surface area contributed by atoms with Gasteiger partial charge in [-0.05, 0) is 45.4 Å². The van der Waals surface area contributed by atoms with Crippen molar-refractivity contribution in [3.63, 3.8) is 0 Å². The molecular formula is C39H68N12O9S. The average molecular weight is 881 g/mol. The molecule has 2 aromatic heterocycles. The van der Waals surface area contributed by atoms with Crippen LogP contribution in [0.15, 0.2) is 41.6 Å². The monoisotopic (exact) mass is 880 g/mol. The fraction of sp³-hybridized carbons (Fsp3) is 0.718. The Hall–Kier alpha value is -3.52. The molecule has 0 spiro atoms. The van der Waals surface area contributed by atoms with E-state index in [-0.39, 0.29) is 23.6 Å². The molecule has 0 bridgehead atoms. The number of carboxylic acids is 1. The topological polar surface area (TPSA) is 253 Å². The molecule has 0 radical (unpaired) electrons. The highest BCUT2D eigenvalue weighted by atomic mass is 32.2. The number of β-amino-alcohol motifs (C(OH)–C–C–N with tert-alkyl or cyclic N) is 4. The second-order valence-corrected chi connectivity index (χ2v) is 17.9. The molecule has 0 amide bonds. The lowest BCUT2D eigenvalue weighted by Gasteiger charge is -2.27. The van der Waals surface area contributed by atoms with Crippen molar-refractivity contribution in [3.05, 3.63) is 53.6 Å². The number of carbonyl (C=O) groups is 1. The summed E-state index contributed by atoms with van der Waals surface area (Å²) < 4.78 is 34.5. The van der Waals surface area contributed by atoms with Gasteiger partial charge in [-0.1, -0.05) is 22.6 Å². The normalized spacial score (nSPS) is 19.9. The van der Waals surface area contributed by atoms with Crippen molar-refractivity contribution in [2.45, 2.75) is 83.2 Å². The molecule has 2 aliphatic heterocycles. The maximum absolute atomic E-state index is 11.2. The summed E-state index contributed by atoms with van der Waals surface area (Å²) in [6, 6.07) is 6.01. The largest absolute Gasteiger partial charge is 0.480 e. The van der Waals surface area contributed by atoms with Crippen LogP contribution in [0, 0.1) is 0 Å². The molecule has 3 aromatic rings. The summed E-state index contributed by atoms with van der Waals surface area (Å²) in [5, 5.41) is 64.5. The van der Waals surface area contributed by atoms with E-state index in [0.717, 1.165) is 95.5 Å². The van der Waals surface area contributed by atoms with E-state index in [4.69, 9.17) is 9.66 Å². The molecule has 5 rings (SSSR count). The lowest BCUT2D eigenvalue weighted by molar-refractivity contribution is -0.137. The van der Waals surface area contributed by atoms with E-state index in [0.29, 0.717) is 45.8 Å². The SMILES string of the molecule is C[C@H](O)CN1CCN(Cc2cn(CC(=O)O)nn2)CCN(C[C@H](C)O)CC1.C[C@H](O)CN1CCN(Cc2cn(Cc3ccc(S(=O)(=O)O)cc3)nn2)CCN(C[C@H](C)O)CC1. The number of aliphatic carboxylic acids is 1. The van der Waals surface area contributed by atoms with Crippen LogP contribution in [0.1, 0.15) is 44.6 Å². The van der Waals surface area contributed by atoms with E-state index in [1.54, 1.807) is 50.7 Å². The first-order chi connectivity index (χ1) is 28.9. The fourth-order valence-corrected chi connectivity index (χ4v) is 7.92. The van der Waals surface area contributed by atoms with Gasteiger partial charge in [-0.2, -0.15) is 8.42 Å². The molecule has 6 N–H and O–H groups in total. The van der Waals surface area contributed by atoms with Gasteiger partial charge in [-0.25, -0.2) is 9.36 Å². The van der Waals surface area contributed by atoms with E-state index in [1.807, 2.05) is 6.20 Å². The lowest BCUT2D eigenvalue weighted by atomic mass is 10.2. The summed E-state index contributed by atoms with van der Waals surface area (Å²) in [7, 11) is -4.21. The van der Waals surface area contributed by atoms with Crippen molar-refractivity contribution < 1.29 is 43.3 Å². The molecule has 22 heteroatoms. The van der Waals surface area contributed by atoms with Crippen LogP contribution in [0.4, 0.5) is 0 Å². The number of aliphatic hydroxyl groups is 4. The molecule has 0 aliphatic carbocycles. The minimum Gasteiger partial charge on any atom is -0.480 e. The van der Waals surface area contributed by atoms with E-state index < -0.39 is 28.3 Å². The molecule has 21 nitrogen and oxygen atoms in total. The first kappa shape index (κ1) is 50.1. The van der Waals surface area contributed by atoms with E-state index >= 15 is 0 Å². The van der Waals surface area contributed by atoms with Crippen molar-refractivity contribution in [1.29, 1.82) is 0 Å². The van der Waals surface area contributed by atoms with Gasteiger partial charge in [0.1, 0.15) is 6.54 Å².